The molecule has 0 fully saturated rings. The lowest BCUT2D eigenvalue weighted by Gasteiger charge is -2.20. The fraction of sp³-hybridized carbons (Fsp3) is 0.375. The summed E-state index contributed by atoms with van der Waals surface area (Å²) in [5.41, 5.74) is 5.29. The molecule has 4 rings (SSSR count). The molecule has 0 spiro atoms. The Balaban J connectivity index is 1.57. The first-order valence-corrected chi connectivity index (χ1v) is 10.6. The van der Waals surface area contributed by atoms with Crippen LogP contribution in [0.25, 0.3) is 21.1 Å². The predicted molar refractivity (Wildman–Crippen MR) is 118 cm³/mol. The zero-order valence-electron chi connectivity index (χ0n) is 16.8. The summed E-state index contributed by atoms with van der Waals surface area (Å²) in [4.78, 5) is 8.32. The van der Waals surface area contributed by atoms with E-state index in [0.717, 1.165) is 11.9 Å². The largest absolute Gasteiger partial charge is 0.361 e. The average Bonchev–Trinajstić information content (AvgIpc) is 3.24. The van der Waals surface area contributed by atoms with Gasteiger partial charge in [-0.3, -0.25) is 0 Å². The zero-order valence-corrected chi connectivity index (χ0v) is 17.7. The van der Waals surface area contributed by atoms with E-state index >= 15 is 0 Å². The Hall–Kier alpha value is -2.13. The number of fused-ring (bicyclic) bond motifs is 2. The van der Waals surface area contributed by atoms with Crippen LogP contribution in [0.2, 0.25) is 0 Å². The first-order valence-electron chi connectivity index (χ1n) is 9.79. The van der Waals surface area contributed by atoms with Crippen LogP contribution in [0.5, 0.6) is 0 Å². The van der Waals surface area contributed by atoms with E-state index in [0.29, 0.717) is 11.8 Å². The van der Waals surface area contributed by atoms with Crippen LogP contribution >= 0.6 is 11.3 Å². The van der Waals surface area contributed by atoms with Gasteiger partial charge in [0.2, 0.25) is 0 Å². The quantitative estimate of drug-likeness (QED) is 0.406. The van der Waals surface area contributed by atoms with Crippen LogP contribution in [-0.2, 0) is 11.8 Å². The van der Waals surface area contributed by atoms with Crippen LogP contribution in [0.15, 0.2) is 48.7 Å². The van der Waals surface area contributed by atoms with Crippen molar-refractivity contribution in [3.8, 4) is 0 Å². The van der Waals surface area contributed by atoms with Gasteiger partial charge in [0, 0.05) is 22.5 Å². The number of thiazole rings is 1. The molecule has 0 saturated carbocycles. The summed E-state index contributed by atoms with van der Waals surface area (Å²) >= 11 is 1.82. The topological polar surface area (TPSA) is 28.7 Å². The second-order valence-electron chi connectivity index (χ2n) is 8.83. The number of nitrogens with one attached hydrogen (secondary N) is 1. The molecular weight excluding hydrogens is 348 g/mol. The third-order valence-corrected chi connectivity index (χ3v) is 7.08. The molecule has 0 saturated heterocycles. The highest BCUT2D eigenvalue weighted by Gasteiger charge is 2.20. The average molecular weight is 377 g/mol. The zero-order chi connectivity index (χ0) is 19.2. The highest BCUT2D eigenvalue weighted by Crippen LogP contribution is 2.34. The van der Waals surface area contributed by atoms with E-state index < -0.39 is 0 Å². The summed E-state index contributed by atoms with van der Waals surface area (Å²) < 4.78 is 1.29. The van der Waals surface area contributed by atoms with Gasteiger partial charge in [-0.1, -0.05) is 58.9 Å². The Morgan fingerprint density at radius 2 is 1.85 bits per heavy atom. The Morgan fingerprint density at radius 1 is 1.07 bits per heavy atom. The van der Waals surface area contributed by atoms with E-state index in [4.69, 9.17) is 4.98 Å². The maximum Gasteiger partial charge on any atom is 0.0992 e. The maximum absolute atomic E-state index is 4.90. The van der Waals surface area contributed by atoms with E-state index in [9.17, 15) is 0 Å². The molecule has 3 heteroatoms. The van der Waals surface area contributed by atoms with Crippen LogP contribution in [-0.4, -0.2) is 9.97 Å². The Kier molecular flexibility index (Phi) is 4.59. The van der Waals surface area contributed by atoms with Crippen LogP contribution < -0.4 is 0 Å². The molecule has 2 nitrogen and oxygen atoms in total. The molecule has 0 aliphatic heterocycles. The lowest BCUT2D eigenvalue weighted by atomic mass is 9.84. The van der Waals surface area contributed by atoms with Crippen molar-refractivity contribution < 1.29 is 0 Å². The van der Waals surface area contributed by atoms with Crippen molar-refractivity contribution >= 4 is 32.5 Å². The number of benzene rings is 2. The van der Waals surface area contributed by atoms with Crippen molar-refractivity contribution in [2.75, 3.05) is 0 Å². The Bertz CT molecular complexity index is 1080. The van der Waals surface area contributed by atoms with Crippen molar-refractivity contribution in [2.24, 2.45) is 5.92 Å². The van der Waals surface area contributed by atoms with Crippen molar-refractivity contribution in [2.45, 2.75) is 52.4 Å². The molecule has 0 aliphatic rings. The van der Waals surface area contributed by atoms with E-state index in [1.807, 2.05) is 11.3 Å². The van der Waals surface area contributed by atoms with E-state index in [-0.39, 0.29) is 5.41 Å². The molecule has 4 aromatic rings. The maximum atomic E-state index is 4.90. The standard InChI is InChI=1S/C24H28N2S/c1-15(16(2)19-14-25-20-9-7-6-8-18(19)20)12-17-10-11-22-21(13-17)26-23(27-22)24(3,4)5/h6-11,13-16,25H,12H2,1-5H3. The molecule has 27 heavy (non-hydrogen) atoms. The number of nitrogens with zero attached hydrogens (tertiary/aromatic N) is 1. The number of hydrogen-bond donors (Lipinski definition) is 1. The lowest BCUT2D eigenvalue weighted by Crippen LogP contribution is -2.10. The van der Waals surface area contributed by atoms with Gasteiger partial charge < -0.3 is 4.98 Å². The minimum Gasteiger partial charge on any atom is -0.361 e. The summed E-state index contributed by atoms with van der Waals surface area (Å²) in [5, 5.41) is 2.57. The number of aromatic nitrogens is 2. The fourth-order valence-corrected chi connectivity index (χ4v) is 4.75. The van der Waals surface area contributed by atoms with Crippen molar-refractivity contribution in [1.29, 1.82) is 0 Å². The van der Waals surface area contributed by atoms with Gasteiger partial charge in [0.1, 0.15) is 0 Å². The summed E-state index contributed by atoms with van der Waals surface area (Å²) in [6.45, 7) is 11.4. The van der Waals surface area contributed by atoms with Gasteiger partial charge in [-0.2, -0.15) is 0 Å². The molecule has 0 radical (unpaired) electrons. The monoisotopic (exact) mass is 376 g/mol. The van der Waals surface area contributed by atoms with Gasteiger partial charge in [-0.15, -0.1) is 11.3 Å². The molecule has 2 aromatic heterocycles. The van der Waals surface area contributed by atoms with Crippen LogP contribution in [0.3, 0.4) is 0 Å². The van der Waals surface area contributed by atoms with E-state index in [1.165, 1.54) is 31.7 Å². The normalized spacial score (nSPS) is 14.7. The van der Waals surface area contributed by atoms with Crippen molar-refractivity contribution in [3.63, 3.8) is 0 Å². The summed E-state index contributed by atoms with van der Waals surface area (Å²) in [5.74, 6) is 1.06. The summed E-state index contributed by atoms with van der Waals surface area (Å²) in [7, 11) is 0. The van der Waals surface area contributed by atoms with E-state index in [2.05, 4.69) is 88.3 Å². The van der Waals surface area contributed by atoms with Gasteiger partial charge in [0.15, 0.2) is 0 Å². The second-order valence-corrected chi connectivity index (χ2v) is 9.86. The van der Waals surface area contributed by atoms with Gasteiger partial charge in [0.25, 0.3) is 0 Å². The van der Waals surface area contributed by atoms with Crippen LogP contribution in [0.1, 0.15) is 56.7 Å². The van der Waals surface area contributed by atoms with Crippen LogP contribution in [0, 0.1) is 5.92 Å². The minimum absolute atomic E-state index is 0.112. The molecule has 0 amide bonds. The number of rotatable bonds is 4. The number of H-pyrrole nitrogens is 1. The summed E-state index contributed by atoms with van der Waals surface area (Å²) in [6.07, 6.45) is 3.25. The molecule has 2 unspecified atom stereocenters. The fourth-order valence-electron chi connectivity index (χ4n) is 3.75. The smallest absolute Gasteiger partial charge is 0.0992 e. The third-order valence-electron chi connectivity index (χ3n) is 5.62. The molecule has 2 aromatic carbocycles. The third kappa shape index (κ3) is 3.53. The predicted octanol–water partition coefficient (Wildman–Crippen LogP) is 7.06. The van der Waals surface area contributed by atoms with Crippen molar-refractivity contribution in [3.05, 3.63) is 64.8 Å². The SMILES string of the molecule is CC(Cc1ccc2sc(C(C)(C)C)nc2c1)C(C)c1c[nH]c2ccccc12. The molecule has 2 atom stereocenters. The lowest BCUT2D eigenvalue weighted by molar-refractivity contribution is 0.488. The van der Waals surface area contributed by atoms with Gasteiger partial charge >= 0.3 is 0 Å². The van der Waals surface area contributed by atoms with Crippen molar-refractivity contribution in [1.82, 2.24) is 9.97 Å². The first-order chi connectivity index (χ1) is 12.8. The molecule has 0 bridgehead atoms. The molecule has 0 aliphatic carbocycles. The van der Waals surface area contributed by atoms with Crippen LogP contribution in [0.4, 0.5) is 0 Å². The van der Waals surface area contributed by atoms with Gasteiger partial charge in [-0.05, 0) is 47.6 Å². The van der Waals surface area contributed by atoms with E-state index in [1.54, 1.807) is 0 Å². The first kappa shape index (κ1) is 18.2. The van der Waals surface area contributed by atoms with Gasteiger partial charge in [0.05, 0.1) is 15.2 Å². The molecule has 1 N–H and O–H groups in total. The highest BCUT2D eigenvalue weighted by molar-refractivity contribution is 7.18. The van der Waals surface area contributed by atoms with Gasteiger partial charge in [-0.25, -0.2) is 4.98 Å². The molecule has 2 heterocycles. The molecule has 140 valence electrons. The number of hydrogen-bond acceptors (Lipinski definition) is 2. The number of aromatic amines is 1. The second kappa shape index (κ2) is 6.79. The minimum atomic E-state index is 0.112. The highest BCUT2D eigenvalue weighted by atomic mass is 32.1. The number of para-hydroxylation sites is 1. The Labute approximate surface area is 165 Å². The molecular formula is C24H28N2S. The summed E-state index contributed by atoms with van der Waals surface area (Å²) in [6, 6.07) is 15.4. The Morgan fingerprint density at radius 3 is 2.63 bits per heavy atom.